The monoisotopic (exact) mass is 406 g/mol. The molecule has 0 aliphatic heterocycles. The van der Waals surface area contributed by atoms with Crippen molar-refractivity contribution in [2.45, 2.75) is 90.9 Å². The Hall–Kier alpha value is -2.04. The molecule has 0 atom stereocenters. The lowest BCUT2D eigenvalue weighted by Gasteiger charge is -2.10. The third-order valence-electron chi connectivity index (χ3n) is 4.91. The standard InChI is InChI=1S/C24H38O5/c1-3-5-7-9-11-13-17-28-23(26)21-16-15-20(25)19-22(21)24(27)29-18-14-12-10-8-6-4-2/h15-16,19,25H,3-14,17-18H2,1-2H3. The number of benzene rings is 1. The van der Waals surface area contributed by atoms with Crippen molar-refractivity contribution < 1.29 is 24.2 Å². The van der Waals surface area contributed by atoms with E-state index in [2.05, 4.69) is 13.8 Å². The van der Waals surface area contributed by atoms with Gasteiger partial charge in [0, 0.05) is 0 Å². The highest BCUT2D eigenvalue weighted by molar-refractivity contribution is 6.03. The van der Waals surface area contributed by atoms with Crippen LogP contribution in [0.3, 0.4) is 0 Å². The number of hydrogen-bond acceptors (Lipinski definition) is 5. The van der Waals surface area contributed by atoms with Crippen LogP contribution in [0.4, 0.5) is 0 Å². The summed E-state index contributed by atoms with van der Waals surface area (Å²) >= 11 is 0. The first-order chi connectivity index (χ1) is 14.1. The summed E-state index contributed by atoms with van der Waals surface area (Å²) in [7, 11) is 0. The summed E-state index contributed by atoms with van der Waals surface area (Å²) in [6.07, 6.45) is 13.2. The molecule has 5 heteroatoms. The van der Waals surface area contributed by atoms with Crippen LogP contribution < -0.4 is 0 Å². The molecule has 0 radical (unpaired) electrons. The number of esters is 2. The molecule has 0 saturated carbocycles. The molecule has 1 rings (SSSR count). The van der Waals surface area contributed by atoms with Crippen molar-refractivity contribution in [3.8, 4) is 5.75 Å². The Morgan fingerprint density at radius 3 is 1.66 bits per heavy atom. The fourth-order valence-corrected chi connectivity index (χ4v) is 3.13. The van der Waals surface area contributed by atoms with Crippen LogP contribution in [0.2, 0.25) is 0 Å². The minimum atomic E-state index is -0.596. The van der Waals surface area contributed by atoms with Gasteiger partial charge in [0.05, 0.1) is 24.3 Å². The molecule has 0 aromatic heterocycles. The summed E-state index contributed by atoms with van der Waals surface area (Å²) in [6, 6.07) is 4.07. The zero-order chi connectivity index (χ0) is 21.3. The molecule has 1 N–H and O–H groups in total. The summed E-state index contributed by atoms with van der Waals surface area (Å²) < 4.78 is 10.6. The van der Waals surface area contributed by atoms with E-state index in [1.807, 2.05) is 0 Å². The Morgan fingerprint density at radius 1 is 0.690 bits per heavy atom. The minimum Gasteiger partial charge on any atom is -0.508 e. The molecule has 0 amide bonds. The Bertz CT molecular complexity index is 597. The van der Waals surface area contributed by atoms with Crippen LogP contribution in [0.15, 0.2) is 18.2 Å². The molecule has 1 aromatic rings. The highest BCUT2D eigenvalue weighted by Gasteiger charge is 2.20. The molecule has 5 nitrogen and oxygen atoms in total. The van der Waals surface area contributed by atoms with Gasteiger partial charge in [-0.05, 0) is 31.0 Å². The molecule has 0 spiro atoms. The van der Waals surface area contributed by atoms with Crippen molar-refractivity contribution in [1.82, 2.24) is 0 Å². The Balaban J connectivity index is 2.45. The van der Waals surface area contributed by atoms with Crippen LogP contribution >= 0.6 is 0 Å². The zero-order valence-electron chi connectivity index (χ0n) is 18.2. The third-order valence-corrected chi connectivity index (χ3v) is 4.91. The lowest BCUT2D eigenvalue weighted by Crippen LogP contribution is -2.15. The van der Waals surface area contributed by atoms with Gasteiger partial charge in [-0.2, -0.15) is 0 Å². The van der Waals surface area contributed by atoms with Gasteiger partial charge in [0.15, 0.2) is 0 Å². The molecule has 0 bridgehead atoms. The van der Waals surface area contributed by atoms with E-state index in [-0.39, 0.29) is 16.9 Å². The van der Waals surface area contributed by atoms with Gasteiger partial charge in [0.1, 0.15) is 5.75 Å². The number of aromatic hydroxyl groups is 1. The fraction of sp³-hybridized carbons (Fsp3) is 0.667. The number of hydrogen-bond donors (Lipinski definition) is 1. The van der Waals surface area contributed by atoms with Crippen LogP contribution in [-0.2, 0) is 9.47 Å². The summed E-state index contributed by atoms with van der Waals surface area (Å²) in [5, 5.41) is 9.72. The van der Waals surface area contributed by atoms with E-state index in [1.54, 1.807) is 0 Å². The largest absolute Gasteiger partial charge is 0.508 e. The quantitative estimate of drug-likeness (QED) is 0.253. The number of carbonyl (C=O) groups excluding carboxylic acids is 2. The van der Waals surface area contributed by atoms with E-state index >= 15 is 0 Å². The highest BCUT2D eigenvalue weighted by atomic mass is 16.5. The smallest absolute Gasteiger partial charge is 0.339 e. The molecule has 0 saturated heterocycles. The van der Waals surface area contributed by atoms with Crippen molar-refractivity contribution in [3.63, 3.8) is 0 Å². The Labute approximate surface area is 175 Å². The zero-order valence-corrected chi connectivity index (χ0v) is 18.2. The summed E-state index contributed by atoms with van der Waals surface area (Å²) in [5.41, 5.74) is 0.200. The van der Waals surface area contributed by atoms with Gasteiger partial charge in [0.25, 0.3) is 0 Å². The average Bonchev–Trinajstić information content (AvgIpc) is 2.72. The second-order valence-corrected chi connectivity index (χ2v) is 7.54. The van der Waals surface area contributed by atoms with Crippen LogP contribution in [0, 0.1) is 0 Å². The van der Waals surface area contributed by atoms with Gasteiger partial charge in [-0.1, -0.05) is 78.1 Å². The lowest BCUT2D eigenvalue weighted by molar-refractivity contribution is 0.0450. The van der Waals surface area contributed by atoms with Gasteiger partial charge >= 0.3 is 11.9 Å². The van der Waals surface area contributed by atoms with Gasteiger partial charge in [-0.15, -0.1) is 0 Å². The number of rotatable bonds is 16. The summed E-state index contributed by atoms with van der Waals surface area (Å²) in [5.74, 6) is -1.23. The van der Waals surface area contributed by atoms with Crippen molar-refractivity contribution in [1.29, 1.82) is 0 Å². The van der Waals surface area contributed by atoms with Gasteiger partial charge in [-0.25, -0.2) is 9.59 Å². The summed E-state index contributed by atoms with van der Waals surface area (Å²) in [4.78, 5) is 24.8. The van der Waals surface area contributed by atoms with Crippen LogP contribution in [0.1, 0.15) is 112 Å². The molecule has 1 aromatic carbocycles. The first-order valence-corrected chi connectivity index (χ1v) is 11.3. The van der Waals surface area contributed by atoms with Crippen molar-refractivity contribution in [2.75, 3.05) is 13.2 Å². The van der Waals surface area contributed by atoms with E-state index in [9.17, 15) is 14.7 Å². The molecular weight excluding hydrogens is 368 g/mol. The lowest BCUT2D eigenvalue weighted by atomic mass is 10.1. The maximum atomic E-state index is 12.4. The first-order valence-electron chi connectivity index (χ1n) is 11.3. The molecule has 0 heterocycles. The number of unbranched alkanes of at least 4 members (excludes halogenated alkanes) is 10. The molecule has 0 aliphatic carbocycles. The molecule has 0 unspecified atom stereocenters. The molecule has 0 aliphatic rings. The maximum Gasteiger partial charge on any atom is 0.339 e. The van der Waals surface area contributed by atoms with Gasteiger partial charge in [-0.3, -0.25) is 0 Å². The van der Waals surface area contributed by atoms with Gasteiger partial charge in [0.2, 0.25) is 0 Å². The van der Waals surface area contributed by atoms with E-state index in [4.69, 9.17) is 9.47 Å². The Morgan fingerprint density at radius 2 is 1.14 bits per heavy atom. The van der Waals surface area contributed by atoms with E-state index in [0.717, 1.165) is 38.5 Å². The van der Waals surface area contributed by atoms with E-state index < -0.39 is 11.9 Å². The van der Waals surface area contributed by atoms with Crippen LogP contribution in [0.5, 0.6) is 5.75 Å². The van der Waals surface area contributed by atoms with Crippen molar-refractivity contribution in [3.05, 3.63) is 29.3 Å². The van der Waals surface area contributed by atoms with E-state index in [0.29, 0.717) is 13.2 Å². The average molecular weight is 407 g/mol. The van der Waals surface area contributed by atoms with Crippen molar-refractivity contribution >= 4 is 11.9 Å². The van der Waals surface area contributed by atoms with Gasteiger partial charge < -0.3 is 14.6 Å². The number of carbonyl (C=O) groups is 2. The predicted octanol–water partition coefficient (Wildman–Crippen LogP) is 6.43. The summed E-state index contributed by atoms with van der Waals surface area (Å²) in [6.45, 7) is 4.99. The van der Waals surface area contributed by atoms with Crippen LogP contribution in [-0.4, -0.2) is 30.3 Å². The number of phenols is 1. The molecule has 29 heavy (non-hydrogen) atoms. The topological polar surface area (TPSA) is 72.8 Å². The Kier molecular flexibility index (Phi) is 13.6. The SMILES string of the molecule is CCCCCCCCOC(=O)c1ccc(O)cc1C(=O)OCCCCCCCC. The second kappa shape index (κ2) is 15.8. The normalized spacial score (nSPS) is 10.7. The number of phenolic OH excluding ortho intramolecular Hbond substituents is 1. The molecule has 164 valence electrons. The van der Waals surface area contributed by atoms with E-state index in [1.165, 1.54) is 56.7 Å². The minimum absolute atomic E-state index is 0.0592. The fourth-order valence-electron chi connectivity index (χ4n) is 3.13. The van der Waals surface area contributed by atoms with Crippen molar-refractivity contribution in [2.24, 2.45) is 0 Å². The maximum absolute atomic E-state index is 12.4. The molecular formula is C24H38O5. The van der Waals surface area contributed by atoms with Crippen LogP contribution in [0.25, 0.3) is 0 Å². The number of ether oxygens (including phenoxy) is 2. The highest BCUT2D eigenvalue weighted by Crippen LogP contribution is 2.19. The predicted molar refractivity (Wildman–Crippen MR) is 115 cm³/mol. The third kappa shape index (κ3) is 10.9. The molecule has 0 fully saturated rings. The second-order valence-electron chi connectivity index (χ2n) is 7.54. The first kappa shape index (κ1) is 25.0.